The number of carbonyl (C=O) groups is 1. The first-order valence-corrected chi connectivity index (χ1v) is 9.05. The third-order valence-corrected chi connectivity index (χ3v) is 4.79. The summed E-state index contributed by atoms with van der Waals surface area (Å²) in [6.07, 6.45) is 2.93. The second-order valence-corrected chi connectivity index (χ2v) is 7.22. The maximum atomic E-state index is 12.2. The van der Waals surface area contributed by atoms with Crippen LogP contribution in [0.4, 0.5) is 0 Å². The molecule has 130 valence electrons. The molecule has 0 saturated carbocycles. The fraction of sp³-hybridized carbons (Fsp3) is 0.579. The van der Waals surface area contributed by atoms with E-state index in [-0.39, 0.29) is 11.8 Å². The van der Waals surface area contributed by atoms with Gasteiger partial charge in [-0.1, -0.05) is 26.0 Å². The number of aromatic nitrogens is 2. The Bertz CT molecular complexity index is 638. The van der Waals surface area contributed by atoms with Crippen molar-refractivity contribution in [1.82, 2.24) is 20.2 Å². The standard InChI is InChI=1S/C19H28N4O/c1-14(2)7-10-20-19(24)15-8-11-23(12-9-15)13-18-21-16-5-3-4-6-17(16)22-18/h3-6,14-15H,7-13H2,1-2H3,(H,20,24)(H,21,22). The average Bonchev–Trinajstić information content (AvgIpc) is 2.97. The van der Waals surface area contributed by atoms with E-state index in [9.17, 15) is 4.79 Å². The van der Waals surface area contributed by atoms with Crippen LogP contribution >= 0.6 is 0 Å². The van der Waals surface area contributed by atoms with Crippen molar-refractivity contribution in [2.24, 2.45) is 11.8 Å². The van der Waals surface area contributed by atoms with Gasteiger partial charge in [0.25, 0.3) is 0 Å². The number of nitrogens with zero attached hydrogens (tertiary/aromatic N) is 2. The van der Waals surface area contributed by atoms with Crippen molar-refractivity contribution in [3.05, 3.63) is 30.1 Å². The fourth-order valence-electron chi connectivity index (χ4n) is 3.27. The molecule has 1 aromatic carbocycles. The summed E-state index contributed by atoms with van der Waals surface area (Å²) in [4.78, 5) is 22.6. The van der Waals surface area contributed by atoms with Gasteiger partial charge in [0, 0.05) is 12.5 Å². The van der Waals surface area contributed by atoms with Crippen LogP contribution in [0.1, 0.15) is 38.9 Å². The second-order valence-electron chi connectivity index (χ2n) is 7.22. The predicted molar refractivity (Wildman–Crippen MR) is 96.6 cm³/mol. The number of carbonyl (C=O) groups excluding carboxylic acids is 1. The summed E-state index contributed by atoms with van der Waals surface area (Å²) in [6, 6.07) is 8.12. The largest absolute Gasteiger partial charge is 0.356 e. The van der Waals surface area contributed by atoms with E-state index in [0.717, 1.165) is 62.3 Å². The molecule has 5 heteroatoms. The van der Waals surface area contributed by atoms with Crippen molar-refractivity contribution in [3.8, 4) is 0 Å². The van der Waals surface area contributed by atoms with Crippen molar-refractivity contribution in [1.29, 1.82) is 0 Å². The van der Waals surface area contributed by atoms with Crippen molar-refractivity contribution >= 4 is 16.9 Å². The molecule has 24 heavy (non-hydrogen) atoms. The zero-order chi connectivity index (χ0) is 16.9. The Morgan fingerprint density at radius 3 is 2.79 bits per heavy atom. The molecule has 5 nitrogen and oxygen atoms in total. The van der Waals surface area contributed by atoms with Crippen molar-refractivity contribution < 1.29 is 4.79 Å². The molecule has 0 radical (unpaired) electrons. The van der Waals surface area contributed by atoms with Gasteiger partial charge >= 0.3 is 0 Å². The van der Waals surface area contributed by atoms with Gasteiger partial charge in [-0.15, -0.1) is 0 Å². The van der Waals surface area contributed by atoms with Crippen LogP contribution in [0.5, 0.6) is 0 Å². The Kier molecular flexibility index (Phi) is 5.51. The van der Waals surface area contributed by atoms with E-state index in [0.29, 0.717) is 5.92 Å². The highest BCUT2D eigenvalue weighted by Crippen LogP contribution is 2.19. The number of amides is 1. The molecule has 0 bridgehead atoms. The average molecular weight is 328 g/mol. The summed E-state index contributed by atoms with van der Waals surface area (Å²) in [5.41, 5.74) is 2.11. The van der Waals surface area contributed by atoms with Gasteiger partial charge in [-0.3, -0.25) is 9.69 Å². The van der Waals surface area contributed by atoms with E-state index in [1.165, 1.54) is 0 Å². The lowest BCUT2D eigenvalue weighted by molar-refractivity contribution is -0.126. The van der Waals surface area contributed by atoms with Crippen LogP contribution < -0.4 is 5.32 Å². The van der Waals surface area contributed by atoms with E-state index >= 15 is 0 Å². The smallest absolute Gasteiger partial charge is 0.223 e. The Morgan fingerprint density at radius 1 is 1.33 bits per heavy atom. The van der Waals surface area contributed by atoms with Gasteiger partial charge in [0.05, 0.1) is 17.6 Å². The summed E-state index contributed by atoms with van der Waals surface area (Å²) in [6.45, 7) is 7.91. The third-order valence-electron chi connectivity index (χ3n) is 4.79. The lowest BCUT2D eigenvalue weighted by Crippen LogP contribution is -2.40. The SMILES string of the molecule is CC(C)CCNC(=O)C1CCN(Cc2nc3ccccc3[nH]2)CC1. The maximum absolute atomic E-state index is 12.2. The highest BCUT2D eigenvalue weighted by Gasteiger charge is 2.25. The first-order chi connectivity index (χ1) is 11.6. The van der Waals surface area contributed by atoms with Crippen molar-refractivity contribution in [3.63, 3.8) is 0 Å². The van der Waals surface area contributed by atoms with Gasteiger partial charge < -0.3 is 10.3 Å². The minimum absolute atomic E-state index is 0.170. The maximum Gasteiger partial charge on any atom is 0.223 e. The molecular weight excluding hydrogens is 300 g/mol. The molecule has 0 atom stereocenters. The Labute approximate surface area is 143 Å². The van der Waals surface area contributed by atoms with Crippen LogP contribution in [0.3, 0.4) is 0 Å². The summed E-state index contributed by atoms with van der Waals surface area (Å²) in [5.74, 6) is 2.05. The monoisotopic (exact) mass is 328 g/mol. The van der Waals surface area contributed by atoms with Gasteiger partial charge in [0.15, 0.2) is 0 Å². The normalized spacial score (nSPS) is 16.8. The predicted octanol–water partition coefficient (Wildman–Crippen LogP) is 2.94. The number of H-pyrrole nitrogens is 1. The van der Waals surface area contributed by atoms with Gasteiger partial charge in [-0.25, -0.2) is 4.98 Å². The first kappa shape index (κ1) is 17.0. The summed E-state index contributed by atoms with van der Waals surface area (Å²) in [7, 11) is 0. The minimum Gasteiger partial charge on any atom is -0.356 e. The van der Waals surface area contributed by atoms with Crippen LogP contribution in [0, 0.1) is 11.8 Å². The van der Waals surface area contributed by atoms with E-state index in [1.807, 2.05) is 18.2 Å². The number of rotatable bonds is 6. The summed E-state index contributed by atoms with van der Waals surface area (Å²) >= 11 is 0. The molecule has 1 saturated heterocycles. The molecule has 1 aliphatic rings. The highest BCUT2D eigenvalue weighted by molar-refractivity contribution is 5.78. The molecule has 2 heterocycles. The van der Waals surface area contributed by atoms with Crippen LogP contribution in [0.15, 0.2) is 24.3 Å². The van der Waals surface area contributed by atoms with Crippen LogP contribution in [-0.4, -0.2) is 40.4 Å². The second kappa shape index (κ2) is 7.79. The van der Waals surface area contributed by atoms with Crippen molar-refractivity contribution in [2.75, 3.05) is 19.6 Å². The van der Waals surface area contributed by atoms with Crippen LogP contribution in [-0.2, 0) is 11.3 Å². The summed E-state index contributed by atoms with van der Waals surface area (Å²) in [5, 5.41) is 3.09. The molecule has 3 rings (SSSR count). The lowest BCUT2D eigenvalue weighted by atomic mass is 9.96. The molecule has 0 unspecified atom stereocenters. The quantitative estimate of drug-likeness (QED) is 0.857. The first-order valence-electron chi connectivity index (χ1n) is 9.05. The molecular formula is C19H28N4O. The number of likely N-dealkylation sites (tertiary alicyclic amines) is 1. The fourth-order valence-corrected chi connectivity index (χ4v) is 3.27. The van der Waals surface area contributed by atoms with Crippen LogP contribution in [0.2, 0.25) is 0 Å². The molecule has 1 aromatic heterocycles. The number of fused-ring (bicyclic) bond motifs is 1. The number of imidazole rings is 1. The third kappa shape index (κ3) is 4.35. The molecule has 1 aliphatic heterocycles. The molecule has 1 fully saturated rings. The van der Waals surface area contributed by atoms with Crippen LogP contribution in [0.25, 0.3) is 11.0 Å². The molecule has 2 N–H and O–H groups in total. The minimum atomic E-state index is 0.170. The van der Waals surface area contributed by atoms with Gasteiger partial charge in [0.1, 0.15) is 5.82 Å². The number of hydrogen-bond acceptors (Lipinski definition) is 3. The van der Waals surface area contributed by atoms with Gasteiger partial charge in [0.2, 0.25) is 5.91 Å². The molecule has 0 spiro atoms. The number of para-hydroxylation sites is 2. The number of benzene rings is 1. The number of nitrogens with one attached hydrogen (secondary N) is 2. The van der Waals surface area contributed by atoms with E-state index in [1.54, 1.807) is 0 Å². The van der Waals surface area contributed by atoms with Gasteiger partial charge in [-0.2, -0.15) is 0 Å². The Hall–Kier alpha value is -1.88. The zero-order valence-electron chi connectivity index (χ0n) is 14.7. The Morgan fingerprint density at radius 2 is 2.08 bits per heavy atom. The number of hydrogen-bond donors (Lipinski definition) is 2. The van der Waals surface area contributed by atoms with E-state index in [2.05, 4.69) is 40.1 Å². The topological polar surface area (TPSA) is 61.0 Å². The number of aromatic amines is 1. The molecule has 2 aromatic rings. The van der Waals surface area contributed by atoms with Crippen molar-refractivity contribution in [2.45, 2.75) is 39.7 Å². The van der Waals surface area contributed by atoms with Gasteiger partial charge in [-0.05, 0) is 50.4 Å². The molecule has 0 aliphatic carbocycles. The molecule has 1 amide bonds. The summed E-state index contributed by atoms with van der Waals surface area (Å²) < 4.78 is 0. The van der Waals surface area contributed by atoms with E-state index < -0.39 is 0 Å². The number of piperidine rings is 1. The lowest BCUT2D eigenvalue weighted by Gasteiger charge is -2.30. The van der Waals surface area contributed by atoms with E-state index in [4.69, 9.17) is 0 Å². The Balaban J connectivity index is 1.45. The highest BCUT2D eigenvalue weighted by atomic mass is 16.1. The zero-order valence-corrected chi connectivity index (χ0v) is 14.7.